The molecule has 100 valence electrons. The minimum absolute atomic E-state index is 0.514. The van der Waals surface area contributed by atoms with Gasteiger partial charge < -0.3 is 10.2 Å². The molecule has 1 aromatic rings. The fourth-order valence-corrected chi connectivity index (χ4v) is 2.74. The molecule has 3 heteroatoms. The van der Waals surface area contributed by atoms with Gasteiger partial charge in [0.15, 0.2) is 0 Å². The number of hydrogen-bond acceptors (Lipinski definition) is 2. The van der Waals surface area contributed by atoms with Gasteiger partial charge in [0.25, 0.3) is 0 Å². The first kappa shape index (κ1) is 13.9. The number of aryl methyl sites for hydroxylation is 1. The monoisotopic (exact) mass is 266 g/mol. The van der Waals surface area contributed by atoms with Crippen LogP contribution in [0, 0.1) is 6.92 Å². The molecule has 1 aliphatic rings. The average Bonchev–Trinajstić information content (AvgIpc) is 2.84. The summed E-state index contributed by atoms with van der Waals surface area (Å²) in [6.45, 7) is 8.83. The summed E-state index contributed by atoms with van der Waals surface area (Å²) in [7, 11) is 0. The van der Waals surface area contributed by atoms with Crippen molar-refractivity contribution in [2.45, 2.75) is 39.3 Å². The zero-order valence-electron chi connectivity index (χ0n) is 11.4. The van der Waals surface area contributed by atoms with E-state index in [1.54, 1.807) is 0 Å². The van der Waals surface area contributed by atoms with Crippen LogP contribution >= 0.6 is 11.6 Å². The van der Waals surface area contributed by atoms with E-state index >= 15 is 0 Å². The Morgan fingerprint density at radius 3 is 2.78 bits per heavy atom. The van der Waals surface area contributed by atoms with Crippen LogP contribution < -0.4 is 5.32 Å². The fraction of sp³-hybridized carbons (Fsp3) is 0.600. The molecule has 0 amide bonds. The van der Waals surface area contributed by atoms with Crippen molar-refractivity contribution in [2.75, 3.05) is 19.6 Å². The van der Waals surface area contributed by atoms with Crippen LogP contribution in [0.5, 0.6) is 0 Å². The lowest BCUT2D eigenvalue weighted by Gasteiger charge is -2.21. The molecule has 2 nitrogen and oxygen atoms in total. The smallest absolute Gasteiger partial charge is 0.0480 e. The third-order valence-corrected chi connectivity index (χ3v) is 4.18. The molecule has 0 aliphatic carbocycles. The first-order chi connectivity index (χ1) is 8.66. The molecule has 1 aliphatic heterocycles. The largest absolute Gasteiger partial charge is 0.309 e. The SMILES string of the molecule is Cc1cccc(CNC(C)CN2CCCC2)c1Cl. The molecule has 1 saturated heterocycles. The Kier molecular flexibility index (Phi) is 5.04. The zero-order chi connectivity index (χ0) is 13.0. The van der Waals surface area contributed by atoms with E-state index in [0.717, 1.165) is 23.7 Å². The third kappa shape index (κ3) is 3.71. The van der Waals surface area contributed by atoms with Gasteiger partial charge in [-0.3, -0.25) is 0 Å². The summed E-state index contributed by atoms with van der Waals surface area (Å²) in [5, 5.41) is 4.47. The molecule has 1 heterocycles. The van der Waals surface area contributed by atoms with Crippen molar-refractivity contribution in [1.82, 2.24) is 10.2 Å². The highest BCUT2D eigenvalue weighted by Gasteiger charge is 2.14. The van der Waals surface area contributed by atoms with Crippen LogP contribution in [0.3, 0.4) is 0 Å². The maximum atomic E-state index is 6.30. The molecule has 0 bridgehead atoms. The van der Waals surface area contributed by atoms with Crippen LogP contribution in [-0.2, 0) is 6.54 Å². The van der Waals surface area contributed by atoms with E-state index in [2.05, 4.69) is 42.3 Å². The number of likely N-dealkylation sites (tertiary alicyclic amines) is 1. The Labute approximate surface area is 115 Å². The third-order valence-electron chi connectivity index (χ3n) is 3.64. The number of benzene rings is 1. The minimum Gasteiger partial charge on any atom is -0.309 e. The van der Waals surface area contributed by atoms with E-state index in [4.69, 9.17) is 11.6 Å². The molecule has 0 saturated carbocycles. The quantitative estimate of drug-likeness (QED) is 0.880. The van der Waals surface area contributed by atoms with Gasteiger partial charge in [-0.25, -0.2) is 0 Å². The highest BCUT2D eigenvalue weighted by atomic mass is 35.5. The highest BCUT2D eigenvalue weighted by molar-refractivity contribution is 6.32. The number of nitrogens with zero attached hydrogens (tertiary/aromatic N) is 1. The van der Waals surface area contributed by atoms with Crippen molar-refractivity contribution in [1.29, 1.82) is 0 Å². The van der Waals surface area contributed by atoms with Crippen LogP contribution in [0.1, 0.15) is 30.9 Å². The van der Waals surface area contributed by atoms with Gasteiger partial charge in [0.1, 0.15) is 0 Å². The van der Waals surface area contributed by atoms with E-state index in [9.17, 15) is 0 Å². The molecule has 0 spiro atoms. The van der Waals surface area contributed by atoms with E-state index in [1.807, 2.05) is 0 Å². The summed E-state index contributed by atoms with van der Waals surface area (Å²) in [6, 6.07) is 6.74. The molecule has 1 unspecified atom stereocenters. The average molecular weight is 267 g/mol. The number of halogens is 1. The molecule has 18 heavy (non-hydrogen) atoms. The lowest BCUT2D eigenvalue weighted by Crippen LogP contribution is -2.37. The van der Waals surface area contributed by atoms with Gasteiger partial charge in [0.2, 0.25) is 0 Å². The Hall–Kier alpha value is -0.570. The van der Waals surface area contributed by atoms with Gasteiger partial charge in [0, 0.05) is 24.2 Å². The molecule has 1 fully saturated rings. The van der Waals surface area contributed by atoms with Crippen molar-refractivity contribution < 1.29 is 0 Å². The second kappa shape index (κ2) is 6.55. The normalized spacial score (nSPS) is 18.2. The number of nitrogens with one attached hydrogen (secondary N) is 1. The first-order valence-electron chi connectivity index (χ1n) is 6.86. The topological polar surface area (TPSA) is 15.3 Å². The predicted molar refractivity (Wildman–Crippen MR) is 78.2 cm³/mol. The fourth-order valence-electron chi connectivity index (χ4n) is 2.55. The first-order valence-corrected chi connectivity index (χ1v) is 7.24. The molecular weight excluding hydrogens is 244 g/mol. The summed E-state index contributed by atoms with van der Waals surface area (Å²) < 4.78 is 0. The lowest BCUT2D eigenvalue weighted by atomic mass is 10.1. The van der Waals surface area contributed by atoms with Crippen molar-refractivity contribution in [3.63, 3.8) is 0 Å². The Morgan fingerprint density at radius 1 is 1.33 bits per heavy atom. The maximum Gasteiger partial charge on any atom is 0.0480 e. The predicted octanol–water partition coefficient (Wildman–Crippen LogP) is 3.22. The van der Waals surface area contributed by atoms with E-state index in [-0.39, 0.29) is 0 Å². The van der Waals surface area contributed by atoms with Gasteiger partial charge in [-0.15, -0.1) is 0 Å². The van der Waals surface area contributed by atoms with Crippen LogP contribution in [0.25, 0.3) is 0 Å². The van der Waals surface area contributed by atoms with Crippen molar-refractivity contribution in [2.24, 2.45) is 0 Å². The van der Waals surface area contributed by atoms with Gasteiger partial charge >= 0.3 is 0 Å². The molecule has 1 atom stereocenters. The van der Waals surface area contributed by atoms with Gasteiger partial charge in [-0.2, -0.15) is 0 Å². The van der Waals surface area contributed by atoms with Crippen LogP contribution in [-0.4, -0.2) is 30.6 Å². The van der Waals surface area contributed by atoms with Crippen molar-refractivity contribution in [3.05, 3.63) is 34.3 Å². The summed E-state index contributed by atoms with van der Waals surface area (Å²) in [6.07, 6.45) is 2.72. The van der Waals surface area contributed by atoms with E-state index in [0.29, 0.717) is 6.04 Å². The van der Waals surface area contributed by atoms with Gasteiger partial charge in [0.05, 0.1) is 0 Å². The van der Waals surface area contributed by atoms with Crippen LogP contribution in [0.15, 0.2) is 18.2 Å². The molecular formula is C15H23ClN2. The standard InChI is InChI=1S/C15H23ClN2/c1-12-6-5-7-14(15(12)16)10-17-13(2)11-18-8-3-4-9-18/h5-7,13,17H,3-4,8-11H2,1-2H3. The Morgan fingerprint density at radius 2 is 2.06 bits per heavy atom. The second-order valence-corrected chi connectivity index (χ2v) is 5.72. The lowest BCUT2D eigenvalue weighted by molar-refractivity contribution is 0.298. The second-order valence-electron chi connectivity index (χ2n) is 5.34. The molecule has 1 N–H and O–H groups in total. The van der Waals surface area contributed by atoms with Crippen molar-refractivity contribution >= 4 is 11.6 Å². The number of hydrogen-bond donors (Lipinski definition) is 1. The van der Waals surface area contributed by atoms with Crippen LogP contribution in [0.2, 0.25) is 5.02 Å². The zero-order valence-corrected chi connectivity index (χ0v) is 12.1. The van der Waals surface area contributed by atoms with Gasteiger partial charge in [-0.05, 0) is 50.9 Å². The Balaban J connectivity index is 1.81. The summed E-state index contributed by atoms with van der Waals surface area (Å²) in [4.78, 5) is 2.54. The van der Waals surface area contributed by atoms with Gasteiger partial charge in [-0.1, -0.05) is 29.8 Å². The molecule has 1 aromatic carbocycles. The summed E-state index contributed by atoms with van der Waals surface area (Å²) >= 11 is 6.30. The Bertz CT molecular complexity index is 386. The van der Waals surface area contributed by atoms with Crippen LogP contribution in [0.4, 0.5) is 0 Å². The molecule has 0 radical (unpaired) electrons. The van der Waals surface area contributed by atoms with E-state index in [1.165, 1.54) is 31.5 Å². The molecule has 0 aromatic heterocycles. The highest BCUT2D eigenvalue weighted by Crippen LogP contribution is 2.20. The van der Waals surface area contributed by atoms with Crippen molar-refractivity contribution in [3.8, 4) is 0 Å². The van der Waals surface area contributed by atoms with E-state index < -0.39 is 0 Å². The molecule has 2 rings (SSSR count). The number of rotatable bonds is 5. The minimum atomic E-state index is 0.514. The summed E-state index contributed by atoms with van der Waals surface area (Å²) in [5.74, 6) is 0. The maximum absolute atomic E-state index is 6.30. The summed E-state index contributed by atoms with van der Waals surface area (Å²) in [5.41, 5.74) is 2.35.